The molecule has 0 amide bonds. The minimum absolute atomic E-state index is 0.0852. The smallest absolute Gasteiger partial charge is 0.353 e. The lowest BCUT2D eigenvalue weighted by atomic mass is 10.2. The van der Waals surface area contributed by atoms with Crippen LogP contribution in [0.1, 0.15) is 0 Å². The highest BCUT2D eigenvalue weighted by atomic mass is 35.5. The fourth-order valence-corrected chi connectivity index (χ4v) is 3.23. The third-order valence-electron chi connectivity index (χ3n) is 4.51. The summed E-state index contributed by atoms with van der Waals surface area (Å²) >= 11 is 5.84. The molecule has 0 atom stereocenters. The van der Waals surface area contributed by atoms with Crippen LogP contribution in [0.4, 0.5) is 29.0 Å². The molecule has 3 aromatic rings. The number of hydrogen-bond donors (Lipinski definition) is 1. The number of piperazine rings is 1. The summed E-state index contributed by atoms with van der Waals surface area (Å²) in [5.74, 6) is 1.66. The second kappa shape index (κ2) is 8.23. The van der Waals surface area contributed by atoms with Crippen LogP contribution in [0.15, 0.2) is 49.1 Å². The van der Waals surface area contributed by atoms with Crippen LogP contribution in [0.2, 0.25) is 5.02 Å². The van der Waals surface area contributed by atoms with Crippen LogP contribution < -0.4 is 15.1 Å². The predicted octanol–water partition coefficient (Wildman–Crippen LogP) is 2.90. The van der Waals surface area contributed by atoms with Gasteiger partial charge in [0.1, 0.15) is 18.0 Å². The SMILES string of the molecule is O=[N+]([O-])c1c(Nc2ccc(Cl)cn2)ncnc1N1CCN(c2ccccn2)CC1. The summed E-state index contributed by atoms with van der Waals surface area (Å²) in [6, 6.07) is 9.02. The molecule has 0 spiro atoms. The molecule has 0 radical (unpaired) electrons. The lowest BCUT2D eigenvalue weighted by molar-refractivity contribution is -0.383. The second-order valence-electron chi connectivity index (χ2n) is 6.30. The van der Waals surface area contributed by atoms with E-state index in [1.807, 2.05) is 23.1 Å². The van der Waals surface area contributed by atoms with Crippen molar-refractivity contribution in [1.82, 2.24) is 19.9 Å². The normalized spacial score (nSPS) is 14.0. The van der Waals surface area contributed by atoms with Gasteiger partial charge in [-0.2, -0.15) is 0 Å². The molecule has 11 heteroatoms. The summed E-state index contributed by atoms with van der Waals surface area (Å²) < 4.78 is 0. The zero-order valence-corrected chi connectivity index (χ0v) is 16.0. The van der Waals surface area contributed by atoms with E-state index < -0.39 is 4.92 Å². The summed E-state index contributed by atoms with van der Waals surface area (Å²) in [4.78, 5) is 32.1. The number of aromatic nitrogens is 4. The molecule has 1 saturated heterocycles. The Morgan fingerprint density at radius 3 is 2.45 bits per heavy atom. The molecule has 10 nitrogen and oxygen atoms in total. The van der Waals surface area contributed by atoms with Crippen LogP contribution in [-0.2, 0) is 0 Å². The highest BCUT2D eigenvalue weighted by Gasteiger charge is 2.29. The molecule has 0 aliphatic carbocycles. The molecular weight excluding hydrogens is 396 g/mol. The molecule has 4 heterocycles. The van der Waals surface area contributed by atoms with Gasteiger partial charge in [-0.15, -0.1) is 0 Å². The highest BCUT2D eigenvalue weighted by molar-refractivity contribution is 6.30. The molecule has 0 aromatic carbocycles. The molecular formula is C18H17ClN8O2. The summed E-state index contributed by atoms with van der Waals surface area (Å²) in [5.41, 5.74) is -0.185. The van der Waals surface area contributed by atoms with Crippen LogP contribution in [0.25, 0.3) is 0 Å². The standard InChI is InChI=1S/C18H17ClN8O2/c19-13-4-5-14(21-11-13)24-17-16(27(28)29)18(23-12-22-17)26-9-7-25(8-10-26)15-3-1-2-6-20-15/h1-6,11-12H,7-10H2,(H,21,22,23,24). The average Bonchev–Trinajstić information content (AvgIpc) is 2.76. The Balaban J connectivity index is 1.56. The van der Waals surface area contributed by atoms with Gasteiger partial charge in [0.15, 0.2) is 0 Å². The lowest BCUT2D eigenvalue weighted by Crippen LogP contribution is -2.47. The summed E-state index contributed by atoms with van der Waals surface area (Å²) in [6.45, 7) is 2.51. The van der Waals surface area contributed by atoms with Gasteiger partial charge in [-0.3, -0.25) is 10.1 Å². The monoisotopic (exact) mass is 412 g/mol. The maximum Gasteiger partial charge on any atom is 0.353 e. The number of nitro groups is 1. The Hall–Kier alpha value is -3.53. The predicted molar refractivity (Wildman–Crippen MR) is 110 cm³/mol. The van der Waals surface area contributed by atoms with Crippen molar-refractivity contribution < 1.29 is 4.92 Å². The van der Waals surface area contributed by atoms with Gasteiger partial charge in [0.05, 0.1) is 9.95 Å². The third kappa shape index (κ3) is 4.16. The largest absolute Gasteiger partial charge is 0.353 e. The van der Waals surface area contributed by atoms with Gasteiger partial charge < -0.3 is 15.1 Å². The molecule has 1 aliphatic rings. The van der Waals surface area contributed by atoms with Crippen LogP contribution in [0, 0.1) is 10.1 Å². The number of nitrogens with zero attached hydrogens (tertiary/aromatic N) is 7. The first-order chi connectivity index (χ1) is 14.1. The van der Waals surface area contributed by atoms with Crippen molar-refractivity contribution in [1.29, 1.82) is 0 Å². The summed E-state index contributed by atoms with van der Waals surface area (Å²) in [7, 11) is 0. The van der Waals surface area contributed by atoms with E-state index in [9.17, 15) is 10.1 Å². The minimum atomic E-state index is -0.474. The molecule has 0 unspecified atom stereocenters. The first kappa shape index (κ1) is 18.8. The summed E-state index contributed by atoms with van der Waals surface area (Å²) in [5, 5.41) is 15.2. The van der Waals surface area contributed by atoms with E-state index in [2.05, 4.69) is 30.2 Å². The van der Waals surface area contributed by atoms with E-state index in [4.69, 9.17) is 11.6 Å². The second-order valence-corrected chi connectivity index (χ2v) is 6.74. The van der Waals surface area contributed by atoms with Crippen molar-refractivity contribution in [2.24, 2.45) is 0 Å². The Labute approximate surface area is 171 Å². The fourth-order valence-electron chi connectivity index (χ4n) is 3.12. The van der Waals surface area contributed by atoms with E-state index >= 15 is 0 Å². The number of rotatable bonds is 5. The highest BCUT2D eigenvalue weighted by Crippen LogP contribution is 2.34. The van der Waals surface area contributed by atoms with Gasteiger partial charge in [0.25, 0.3) is 0 Å². The van der Waals surface area contributed by atoms with E-state index in [0.29, 0.717) is 37.0 Å². The van der Waals surface area contributed by atoms with E-state index in [1.54, 1.807) is 18.3 Å². The first-order valence-corrected chi connectivity index (χ1v) is 9.28. The number of nitrogens with one attached hydrogen (secondary N) is 1. The summed E-state index contributed by atoms with van der Waals surface area (Å²) in [6.07, 6.45) is 4.51. The maximum atomic E-state index is 11.8. The maximum absolute atomic E-state index is 11.8. The Bertz CT molecular complexity index is 995. The molecule has 1 fully saturated rings. The molecule has 0 saturated carbocycles. The van der Waals surface area contributed by atoms with Crippen LogP contribution in [-0.4, -0.2) is 51.0 Å². The van der Waals surface area contributed by atoms with Crippen LogP contribution in [0.3, 0.4) is 0 Å². The quantitative estimate of drug-likeness (QED) is 0.499. The van der Waals surface area contributed by atoms with Gasteiger partial charge in [0, 0.05) is 38.6 Å². The van der Waals surface area contributed by atoms with Gasteiger partial charge >= 0.3 is 5.69 Å². The number of pyridine rings is 2. The number of hydrogen-bond acceptors (Lipinski definition) is 9. The first-order valence-electron chi connectivity index (χ1n) is 8.91. The fraction of sp³-hybridized carbons (Fsp3) is 0.222. The van der Waals surface area contributed by atoms with E-state index in [1.165, 1.54) is 12.5 Å². The molecule has 148 valence electrons. The zero-order chi connectivity index (χ0) is 20.2. The topological polar surface area (TPSA) is 113 Å². The van der Waals surface area contributed by atoms with Gasteiger partial charge in [-0.05, 0) is 24.3 Å². The zero-order valence-electron chi connectivity index (χ0n) is 15.3. The molecule has 29 heavy (non-hydrogen) atoms. The van der Waals surface area contributed by atoms with Crippen molar-refractivity contribution in [2.45, 2.75) is 0 Å². The van der Waals surface area contributed by atoms with Crippen LogP contribution >= 0.6 is 11.6 Å². The van der Waals surface area contributed by atoms with Crippen LogP contribution in [0.5, 0.6) is 0 Å². The Morgan fingerprint density at radius 1 is 1.00 bits per heavy atom. The van der Waals surface area contributed by atoms with Gasteiger partial charge in [0.2, 0.25) is 11.6 Å². The molecule has 1 N–H and O–H groups in total. The molecule has 0 bridgehead atoms. The number of halogens is 1. The van der Waals surface area contributed by atoms with Crippen molar-refractivity contribution in [3.8, 4) is 0 Å². The van der Waals surface area contributed by atoms with Crippen molar-refractivity contribution >= 4 is 40.6 Å². The van der Waals surface area contributed by atoms with Gasteiger partial charge in [-0.1, -0.05) is 17.7 Å². The van der Waals surface area contributed by atoms with E-state index in [0.717, 1.165) is 5.82 Å². The Kier molecular flexibility index (Phi) is 5.34. The van der Waals surface area contributed by atoms with Gasteiger partial charge in [-0.25, -0.2) is 19.9 Å². The molecule has 3 aromatic heterocycles. The van der Waals surface area contributed by atoms with E-state index in [-0.39, 0.29) is 17.3 Å². The van der Waals surface area contributed by atoms with Crippen molar-refractivity contribution in [3.63, 3.8) is 0 Å². The molecule has 4 rings (SSSR count). The van der Waals surface area contributed by atoms with Crippen molar-refractivity contribution in [3.05, 3.63) is 64.2 Å². The Morgan fingerprint density at radius 2 is 1.79 bits per heavy atom. The minimum Gasteiger partial charge on any atom is -0.353 e. The third-order valence-corrected chi connectivity index (χ3v) is 4.74. The number of anilines is 4. The molecule has 1 aliphatic heterocycles. The average molecular weight is 413 g/mol. The van der Waals surface area contributed by atoms with Crippen molar-refractivity contribution in [2.75, 3.05) is 41.3 Å². The lowest BCUT2D eigenvalue weighted by Gasteiger charge is -2.35.